The Bertz CT molecular complexity index is 315. The Morgan fingerprint density at radius 1 is 1.67 bits per heavy atom. The van der Waals surface area contributed by atoms with Crippen LogP contribution in [0.2, 0.25) is 0 Å². The van der Waals surface area contributed by atoms with Crippen molar-refractivity contribution in [1.82, 2.24) is 0 Å². The molecule has 0 aromatic carbocycles. The predicted octanol–water partition coefficient (Wildman–Crippen LogP) is 2.50. The third kappa shape index (κ3) is 5.61. The van der Waals surface area contributed by atoms with Gasteiger partial charge in [0.2, 0.25) is 0 Å². The van der Waals surface area contributed by atoms with E-state index < -0.39 is 4.32 Å². The van der Waals surface area contributed by atoms with Crippen molar-refractivity contribution in [2.45, 2.75) is 25.1 Å². The number of carbonyl (C=O) groups is 1. The molecule has 6 heteroatoms. The van der Waals surface area contributed by atoms with Gasteiger partial charge in [0, 0.05) is 17.4 Å². The molecule has 0 aromatic heterocycles. The SMILES string of the molecule is CC(CSCCOC(=O)C(C)(C)Br)C1=NCCO1. The number of nitrogens with zero attached hydrogens (tertiary/aromatic N) is 1. The van der Waals surface area contributed by atoms with E-state index in [-0.39, 0.29) is 5.97 Å². The van der Waals surface area contributed by atoms with Crippen LogP contribution in [-0.2, 0) is 14.3 Å². The lowest BCUT2D eigenvalue weighted by Crippen LogP contribution is -2.27. The Morgan fingerprint density at radius 3 is 2.94 bits per heavy atom. The topological polar surface area (TPSA) is 47.9 Å². The maximum Gasteiger partial charge on any atom is 0.322 e. The second-order valence-corrected chi connectivity index (χ2v) is 7.79. The molecule has 104 valence electrons. The second-order valence-electron chi connectivity index (χ2n) is 4.65. The smallest absolute Gasteiger partial charge is 0.322 e. The van der Waals surface area contributed by atoms with Crippen LogP contribution in [0.25, 0.3) is 0 Å². The Balaban J connectivity index is 2.07. The zero-order valence-corrected chi connectivity index (χ0v) is 13.5. The van der Waals surface area contributed by atoms with E-state index in [0.717, 1.165) is 23.9 Å². The average Bonchev–Trinajstić information content (AvgIpc) is 2.80. The summed E-state index contributed by atoms with van der Waals surface area (Å²) in [5, 5.41) is 0. The molecule has 0 N–H and O–H groups in total. The van der Waals surface area contributed by atoms with E-state index in [0.29, 0.717) is 19.1 Å². The number of thioether (sulfide) groups is 1. The van der Waals surface area contributed by atoms with Gasteiger partial charge < -0.3 is 9.47 Å². The molecule has 1 aliphatic rings. The molecule has 1 heterocycles. The number of alkyl halides is 1. The lowest BCUT2D eigenvalue weighted by atomic mass is 10.2. The fourth-order valence-corrected chi connectivity index (χ4v) is 2.32. The quantitative estimate of drug-likeness (QED) is 0.407. The predicted molar refractivity (Wildman–Crippen MR) is 78.7 cm³/mol. The molecule has 1 atom stereocenters. The molecule has 0 saturated heterocycles. The third-order valence-corrected chi connectivity index (χ3v) is 3.86. The number of esters is 1. The summed E-state index contributed by atoms with van der Waals surface area (Å²) in [5.74, 6) is 2.71. The molecule has 0 fully saturated rings. The molecular formula is C12H20BrNO3S. The van der Waals surface area contributed by atoms with Gasteiger partial charge in [0.05, 0.1) is 6.54 Å². The van der Waals surface area contributed by atoms with Crippen LogP contribution in [0.15, 0.2) is 4.99 Å². The molecule has 0 radical (unpaired) electrons. The number of hydrogen-bond acceptors (Lipinski definition) is 5. The van der Waals surface area contributed by atoms with E-state index in [1.165, 1.54) is 0 Å². The first-order valence-corrected chi connectivity index (χ1v) is 7.97. The fourth-order valence-electron chi connectivity index (χ4n) is 1.35. The largest absolute Gasteiger partial charge is 0.479 e. The Labute approximate surface area is 121 Å². The minimum atomic E-state index is -0.600. The van der Waals surface area contributed by atoms with Crippen molar-refractivity contribution in [1.29, 1.82) is 0 Å². The molecule has 0 saturated carbocycles. The molecule has 1 aliphatic heterocycles. The lowest BCUT2D eigenvalue weighted by Gasteiger charge is -2.15. The maximum atomic E-state index is 11.5. The van der Waals surface area contributed by atoms with Crippen LogP contribution in [0.1, 0.15) is 20.8 Å². The van der Waals surface area contributed by atoms with E-state index >= 15 is 0 Å². The minimum Gasteiger partial charge on any atom is -0.479 e. The number of aliphatic imine (C=N–C) groups is 1. The number of hydrogen-bond donors (Lipinski definition) is 0. The standard InChI is InChI=1S/C12H20BrNO3S/c1-9(10-14-4-5-16-10)8-18-7-6-17-11(15)12(2,3)13/h9H,4-8H2,1-3H3. The van der Waals surface area contributed by atoms with Crippen molar-refractivity contribution in [3.63, 3.8) is 0 Å². The van der Waals surface area contributed by atoms with Gasteiger partial charge in [-0.15, -0.1) is 0 Å². The molecule has 1 unspecified atom stereocenters. The molecule has 1 rings (SSSR count). The van der Waals surface area contributed by atoms with Crippen LogP contribution in [0.3, 0.4) is 0 Å². The van der Waals surface area contributed by atoms with Gasteiger partial charge >= 0.3 is 5.97 Å². The highest BCUT2D eigenvalue weighted by atomic mass is 79.9. The number of halogens is 1. The average molecular weight is 338 g/mol. The molecule has 0 spiro atoms. The highest BCUT2D eigenvalue weighted by Crippen LogP contribution is 2.18. The summed E-state index contributed by atoms with van der Waals surface area (Å²) >= 11 is 5.01. The molecule has 0 bridgehead atoms. The normalized spacial score (nSPS) is 17.0. The summed E-state index contributed by atoms with van der Waals surface area (Å²) in [6.45, 7) is 7.59. The van der Waals surface area contributed by atoms with E-state index in [9.17, 15) is 4.79 Å². The Morgan fingerprint density at radius 2 is 2.39 bits per heavy atom. The van der Waals surface area contributed by atoms with Crippen LogP contribution in [0, 0.1) is 5.92 Å². The van der Waals surface area contributed by atoms with Gasteiger partial charge in [0.15, 0.2) is 5.90 Å². The summed E-state index contributed by atoms with van der Waals surface area (Å²) in [4.78, 5) is 15.7. The van der Waals surface area contributed by atoms with Gasteiger partial charge in [0.25, 0.3) is 0 Å². The van der Waals surface area contributed by atoms with Crippen LogP contribution >= 0.6 is 27.7 Å². The zero-order chi connectivity index (χ0) is 13.6. The highest BCUT2D eigenvalue weighted by molar-refractivity contribution is 9.10. The summed E-state index contributed by atoms with van der Waals surface area (Å²) in [6, 6.07) is 0. The maximum absolute atomic E-state index is 11.5. The van der Waals surface area contributed by atoms with Gasteiger partial charge in [-0.3, -0.25) is 9.79 Å². The van der Waals surface area contributed by atoms with E-state index in [1.54, 1.807) is 25.6 Å². The van der Waals surface area contributed by atoms with Gasteiger partial charge in [-0.2, -0.15) is 11.8 Å². The monoisotopic (exact) mass is 337 g/mol. The van der Waals surface area contributed by atoms with Crippen molar-refractivity contribution in [3.05, 3.63) is 0 Å². The molecule has 18 heavy (non-hydrogen) atoms. The number of carbonyl (C=O) groups excluding carboxylic acids is 1. The molecule has 0 amide bonds. The summed E-state index contributed by atoms with van der Waals surface area (Å²) in [7, 11) is 0. The third-order valence-electron chi connectivity index (χ3n) is 2.34. The van der Waals surface area contributed by atoms with Crippen LogP contribution < -0.4 is 0 Å². The number of ether oxygens (including phenoxy) is 2. The first-order valence-electron chi connectivity index (χ1n) is 6.02. The van der Waals surface area contributed by atoms with Gasteiger partial charge in [-0.05, 0) is 13.8 Å². The Kier molecular flexibility index (Phi) is 6.49. The minimum absolute atomic E-state index is 0.223. The van der Waals surface area contributed by atoms with Gasteiger partial charge in [-0.25, -0.2) is 0 Å². The van der Waals surface area contributed by atoms with Crippen LogP contribution in [-0.4, -0.2) is 47.5 Å². The molecular weight excluding hydrogens is 318 g/mol. The molecule has 0 aromatic rings. The zero-order valence-electron chi connectivity index (χ0n) is 11.1. The van der Waals surface area contributed by atoms with Crippen LogP contribution in [0.4, 0.5) is 0 Å². The summed E-state index contributed by atoms with van der Waals surface area (Å²) in [6.07, 6.45) is 0. The number of rotatable bonds is 7. The van der Waals surface area contributed by atoms with Crippen molar-refractivity contribution >= 4 is 39.6 Å². The van der Waals surface area contributed by atoms with Crippen molar-refractivity contribution < 1.29 is 14.3 Å². The van der Waals surface area contributed by atoms with E-state index in [4.69, 9.17) is 9.47 Å². The van der Waals surface area contributed by atoms with Crippen LogP contribution in [0.5, 0.6) is 0 Å². The van der Waals surface area contributed by atoms with E-state index in [1.807, 2.05) is 0 Å². The van der Waals surface area contributed by atoms with Gasteiger partial charge in [-0.1, -0.05) is 22.9 Å². The lowest BCUT2D eigenvalue weighted by molar-refractivity contribution is -0.144. The van der Waals surface area contributed by atoms with Crippen molar-refractivity contribution in [2.24, 2.45) is 10.9 Å². The first kappa shape index (κ1) is 15.8. The first-order chi connectivity index (χ1) is 8.41. The molecule has 4 nitrogen and oxygen atoms in total. The summed E-state index contributed by atoms with van der Waals surface area (Å²) in [5.41, 5.74) is 0. The fraction of sp³-hybridized carbons (Fsp3) is 0.833. The van der Waals surface area contributed by atoms with Gasteiger partial charge in [0.1, 0.15) is 17.5 Å². The highest BCUT2D eigenvalue weighted by Gasteiger charge is 2.25. The van der Waals surface area contributed by atoms with Crippen molar-refractivity contribution in [2.75, 3.05) is 31.3 Å². The van der Waals surface area contributed by atoms with E-state index in [2.05, 4.69) is 27.8 Å². The second kappa shape index (κ2) is 7.38. The Hall–Kier alpha value is -0.230. The summed E-state index contributed by atoms with van der Waals surface area (Å²) < 4.78 is 9.95. The van der Waals surface area contributed by atoms with Crippen molar-refractivity contribution in [3.8, 4) is 0 Å². The molecule has 0 aliphatic carbocycles.